The number of ketones is 1. The second-order valence-corrected chi connectivity index (χ2v) is 10.7. The molecule has 180 valence electrons. The van der Waals surface area contributed by atoms with Crippen molar-refractivity contribution in [2.24, 2.45) is 0 Å². The van der Waals surface area contributed by atoms with Gasteiger partial charge in [-0.15, -0.1) is 10.2 Å². The van der Waals surface area contributed by atoms with Crippen molar-refractivity contribution in [1.29, 1.82) is 0 Å². The number of aliphatic hydroxyl groups is 1. The van der Waals surface area contributed by atoms with Gasteiger partial charge >= 0.3 is 5.91 Å². The van der Waals surface area contributed by atoms with Crippen LogP contribution in [0.15, 0.2) is 48.0 Å². The molecule has 0 radical (unpaired) electrons. The van der Waals surface area contributed by atoms with E-state index < -0.39 is 17.7 Å². The molecule has 0 aliphatic carbocycles. The lowest BCUT2D eigenvalue weighted by Crippen LogP contribution is -2.29. The van der Waals surface area contributed by atoms with Gasteiger partial charge in [0.25, 0.3) is 5.78 Å². The van der Waals surface area contributed by atoms with Crippen LogP contribution in [-0.2, 0) is 15.0 Å². The Morgan fingerprint density at radius 1 is 1.03 bits per heavy atom. The number of hydrogen-bond donors (Lipinski definition) is 1. The first-order valence-electron chi connectivity index (χ1n) is 11.3. The Kier molecular flexibility index (Phi) is 5.59. The molecule has 0 saturated carbocycles. The molecule has 3 heterocycles. The number of carbonyl (C=O) groups is 2. The van der Waals surface area contributed by atoms with Crippen LogP contribution in [0, 0.1) is 6.92 Å². The summed E-state index contributed by atoms with van der Waals surface area (Å²) in [5.74, 6) is -0.790. The molecule has 2 aliphatic heterocycles. The number of Topliss-reactive ketones (excluding diaryl/α,β-unsaturated/α-hetero) is 1. The third kappa shape index (κ3) is 4.05. The average Bonchev–Trinajstić information content (AvgIpc) is 3.38. The molecule has 5 rings (SSSR count). The molecule has 1 fully saturated rings. The number of rotatable bonds is 3. The fraction of sp³-hybridized carbons (Fsp3) is 0.308. The summed E-state index contributed by atoms with van der Waals surface area (Å²) >= 11 is 1.21. The van der Waals surface area contributed by atoms with E-state index in [2.05, 4.69) is 31.0 Å². The summed E-state index contributed by atoms with van der Waals surface area (Å²) in [5.41, 5.74) is 2.07. The summed E-state index contributed by atoms with van der Waals surface area (Å²) < 4.78 is 11.2. The third-order valence-corrected chi connectivity index (χ3v) is 6.91. The number of aliphatic hydroxyl groups excluding tert-OH is 1. The van der Waals surface area contributed by atoms with Gasteiger partial charge in [-0.05, 0) is 41.7 Å². The van der Waals surface area contributed by atoms with Crippen LogP contribution in [0.2, 0.25) is 0 Å². The van der Waals surface area contributed by atoms with E-state index in [1.807, 2.05) is 24.3 Å². The summed E-state index contributed by atoms with van der Waals surface area (Å²) in [6, 6.07) is 11.8. The molecule has 3 aromatic rings. The molecule has 1 N–H and O–H groups in total. The third-order valence-electron chi connectivity index (χ3n) is 6.07. The molecule has 2 aliphatic rings. The average molecular weight is 492 g/mol. The Morgan fingerprint density at radius 3 is 2.34 bits per heavy atom. The first-order valence-corrected chi connectivity index (χ1v) is 12.1. The van der Waals surface area contributed by atoms with Gasteiger partial charge in [0.05, 0.1) is 11.6 Å². The number of ether oxygens (including phenoxy) is 2. The number of nitrogens with zero attached hydrogens (tertiary/aromatic N) is 3. The largest absolute Gasteiger partial charge is 0.507 e. The summed E-state index contributed by atoms with van der Waals surface area (Å²) in [4.78, 5) is 27.9. The molecular formula is C26H25N3O5S. The molecule has 1 atom stereocenters. The van der Waals surface area contributed by atoms with Gasteiger partial charge in [-0.2, -0.15) is 0 Å². The number of carbonyl (C=O) groups excluding carboxylic acids is 2. The van der Waals surface area contributed by atoms with Crippen molar-refractivity contribution in [3.05, 3.63) is 69.7 Å². The quantitative estimate of drug-likeness (QED) is 0.326. The lowest BCUT2D eigenvalue weighted by Gasteiger charge is -2.24. The molecule has 1 saturated heterocycles. The standard InChI is InChI=1S/C26H25N3O5S/c1-14-27-28-25(35-14)29-21(15-5-8-17(9-6-15)26(2,3)4)20(23(31)24(29)32)22(30)16-7-10-18-19(13-16)34-12-11-33-18/h5-10,13,21,30H,11-12H2,1-4H3/b22-20+. The van der Waals surface area contributed by atoms with Gasteiger partial charge in [-0.3, -0.25) is 14.5 Å². The van der Waals surface area contributed by atoms with Crippen LogP contribution in [-0.4, -0.2) is 40.2 Å². The molecule has 1 amide bonds. The van der Waals surface area contributed by atoms with E-state index in [9.17, 15) is 14.7 Å². The first-order chi connectivity index (χ1) is 16.6. The number of benzene rings is 2. The van der Waals surface area contributed by atoms with Crippen LogP contribution in [0.25, 0.3) is 5.76 Å². The highest BCUT2D eigenvalue weighted by molar-refractivity contribution is 7.15. The molecule has 0 bridgehead atoms. The van der Waals surface area contributed by atoms with Crippen molar-refractivity contribution < 1.29 is 24.2 Å². The van der Waals surface area contributed by atoms with Gasteiger partial charge in [0.1, 0.15) is 24.0 Å². The highest BCUT2D eigenvalue weighted by atomic mass is 32.1. The number of anilines is 1. The van der Waals surface area contributed by atoms with Crippen LogP contribution in [0.1, 0.15) is 48.5 Å². The van der Waals surface area contributed by atoms with Crippen molar-refractivity contribution in [3.63, 3.8) is 0 Å². The van der Waals surface area contributed by atoms with Crippen LogP contribution >= 0.6 is 11.3 Å². The molecular weight excluding hydrogens is 466 g/mol. The van der Waals surface area contributed by atoms with E-state index in [4.69, 9.17) is 9.47 Å². The van der Waals surface area contributed by atoms with Crippen molar-refractivity contribution in [3.8, 4) is 11.5 Å². The topological polar surface area (TPSA) is 102 Å². The molecule has 0 spiro atoms. The summed E-state index contributed by atoms with van der Waals surface area (Å²) in [6.07, 6.45) is 0. The van der Waals surface area contributed by atoms with E-state index in [-0.39, 0.29) is 16.7 Å². The van der Waals surface area contributed by atoms with E-state index in [1.165, 1.54) is 16.2 Å². The van der Waals surface area contributed by atoms with Crippen molar-refractivity contribution >= 4 is 33.9 Å². The number of fused-ring (bicyclic) bond motifs is 1. The van der Waals surface area contributed by atoms with Gasteiger partial charge in [-0.25, -0.2) is 0 Å². The van der Waals surface area contributed by atoms with Gasteiger partial charge in [0, 0.05) is 5.56 Å². The Morgan fingerprint density at radius 2 is 1.71 bits per heavy atom. The zero-order valence-electron chi connectivity index (χ0n) is 19.9. The number of hydrogen-bond acceptors (Lipinski definition) is 8. The van der Waals surface area contributed by atoms with Crippen molar-refractivity contribution in [2.45, 2.75) is 39.2 Å². The van der Waals surface area contributed by atoms with Crippen LogP contribution in [0.3, 0.4) is 0 Å². The zero-order valence-corrected chi connectivity index (χ0v) is 20.7. The maximum atomic E-state index is 13.3. The Bertz CT molecular complexity index is 1350. The number of aryl methyl sites for hydroxylation is 1. The normalized spacial score (nSPS) is 19.3. The van der Waals surface area contributed by atoms with Gasteiger partial charge in [0.2, 0.25) is 5.13 Å². The van der Waals surface area contributed by atoms with Crippen LogP contribution in [0.5, 0.6) is 11.5 Å². The van der Waals surface area contributed by atoms with Crippen LogP contribution in [0.4, 0.5) is 5.13 Å². The lowest BCUT2D eigenvalue weighted by molar-refractivity contribution is -0.132. The summed E-state index contributed by atoms with van der Waals surface area (Å²) in [5, 5.41) is 20.5. The minimum Gasteiger partial charge on any atom is -0.507 e. The van der Waals surface area contributed by atoms with Crippen LogP contribution < -0.4 is 14.4 Å². The minimum absolute atomic E-state index is 0.0111. The van der Waals surface area contributed by atoms with Crippen molar-refractivity contribution in [1.82, 2.24) is 10.2 Å². The first kappa shape index (κ1) is 23.0. The molecule has 35 heavy (non-hydrogen) atoms. The molecule has 2 aromatic carbocycles. The van der Waals surface area contributed by atoms with E-state index >= 15 is 0 Å². The van der Waals surface area contributed by atoms with Gasteiger partial charge < -0.3 is 14.6 Å². The van der Waals surface area contributed by atoms with Gasteiger partial charge in [-0.1, -0.05) is 56.4 Å². The second-order valence-electron chi connectivity index (χ2n) is 9.50. The zero-order chi connectivity index (χ0) is 24.9. The summed E-state index contributed by atoms with van der Waals surface area (Å²) in [7, 11) is 0. The molecule has 1 unspecified atom stereocenters. The van der Waals surface area contributed by atoms with E-state index in [0.29, 0.717) is 46.0 Å². The maximum absolute atomic E-state index is 13.3. The SMILES string of the molecule is Cc1nnc(N2C(=O)C(=O)/C(=C(/O)c3ccc4c(c3)OCCO4)C2c2ccc(C(C)(C)C)cc2)s1. The maximum Gasteiger partial charge on any atom is 0.301 e. The Labute approximate surface area is 206 Å². The Hall–Kier alpha value is -3.72. The Balaban J connectivity index is 1.67. The fourth-order valence-electron chi connectivity index (χ4n) is 4.24. The monoisotopic (exact) mass is 491 g/mol. The number of aromatic nitrogens is 2. The lowest BCUT2D eigenvalue weighted by atomic mass is 9.85. The fourth-order valence-corrected chi connectivity index (χ4v) is 4.95. The number of amides is 1. The molecule has 1 aromatic heterocycles. The highest BCUT2D eigenvalue weighted by Crippen LogP contribution is 2.44. The predicted molar refractivity (Wildman–Crippen MR) is 132 cm³/mol. The predicted octanol–water partition coefficient (Wildman–Crippen LogP) is 4.54. The summed E-state index contributed by atoms with van der Waals surface area (Å²) in [6.45, 7) is 8.94. The smallest absolute Gasteiger partial charge is 0.301 e. The van der Waals surface area contributed by atoms with E-state index in [1.54, 1.807) is 25.1 Å². The highest BCUT2D eigenvalue weighted by Gasteiger charge is 2.48. The van der Waals surface area contributed by atoms with Crippen molar-refractivity contribution in [2.75, 3.05) is 18.1 Å². The minimum atomic E-state index is -0.857. The molecule has 8 nitrogen and oxygen atoms in total. The molecule has 9 heteroatoms. The van der Waals surface area contributed by atoms with Gasteiger partial charge in [0.15, 0.2) is 11.5 Å². The second kappa shape index (κ2) is 8.49. The van der Waals surface area contributed by atoms with E-state index in [0.717, 1.165) is 5.56 Å².